The molecule has 0 bridgehead atoms. The molecule has 0 aromatic heterocycles. The summed E-state index contributed by atoms with van der Waals surface area (Å²) in [7, 11) is -3.16. The van der Waals surface area contributed by atoms with Crippen molar-refractivity contribution in [1.29, 1.82) is 0 Å². The first-order valence-corrected chi connectivity index (χ1v) is 6.74. The van der Waals surface area contributed by atoms with Gasteiger partial charge < -0.3 is 0 Å². The van der Waals surface area contributed by atoms with Gasteiger partial charge in [-0.1, -0.05) is 12.8 Å². The Hall–Kier alpha value is 0.200. The molecule has 13 heavy (non-hydrogen) atoms. The highest BCUT2D eigenvalue weighted by atomic mass is 35.5. The van der Waals surface area contributed by atoms with E-state index in [-0.39, 0.29) is 17.2 Å². The lowest BCUT2D eigenvalue weighted by molar-refractivity contribution is 0.428. The van der Waals surface area contributed by atoms with Crippen molar-refractivity contribution in [1.82, 2.24) is 4.72 Å². The molecular formula is C8H16ClNO2S. The van der Waals surface area contributed by atoms with E-state index >= 15 is 0 Å². The van der Waals surface area contributed by atoms with Crippen LogP contribution in [0.15, 0.2) is 0 Å². The summed E-state index contributed by atoms with van der Waals surface area (Å²) < 4.78 is 25.5. The van der Waals surface area contributed by atoms with Crippen molar-refractivity contribution < 1.29 is 8.42 Å². The maximum atomic E-state index is 11.4. The third kappa shape index (κ3) is 3.44. The fourth-order valence-corrected chi connectivity index (χ4v) is 3.65. The van der Waals surface area contributed by atoms with Gasteiger partial charge in [0.15, 0.2) is 0 Å². The molecule has 5 heteroatoms. The largest absolute Gasteiger partial charge is 0.213 e. The van der Waals surface area contributed by atoms with E-state index in [0.29, 0.717) is 0 Å². The topological polar surface area (TPSA) is 46.2 Å². The zero-order chi connectivity index (χ0) is 9.95. The fraction of sp³-hybridized carbons (Fsp3) is 1.00. The Morgan fingerprint density at radius 3 is 2.38 bits per heavy atom. The van der Waals surface area contributed by atoms with Crippen molar-refractivity contribution in [3.8, 4) is 0 Å². The van der Waals surface area contributed by atoms with Crippen LogP contribution in [0.3, 0.4) is 0 Å². The molecule has 1 aliphatic carbocycles. The van der Waals surface area contributed by atoms with E-state index < -0.39 is 10.0 Å². The summed E-state index contributed by atoms with van der Waals surface area (Å²) in [5.74, 6) is 0.176. The second-order valence-electron chi connectivity index (χ2n) is 3.88. The highest BCUT2D eigenvalue weighted by Crippen LogP contribution is 2.29. The highest BCUT2D eigenvalue weighted by molar-refractivity contribution is 7.89. The van der Waals surface area contributed by atoms with E-state index in [9.17, 15) is 8.42 Å². The minimum atomic E-state index is -3.16. The van der Waals surface area contributed by atoms with Crippen LogP contribution in [0.25, 0.3) is 0 Å². The maximum Gasteiger partial charge on any atom is 0.213 e. The molecule has 0 radical (unpaired) electrons. The molecule has 0 unspecified atom stereocenters. The SMILES string of the molecule is CC1(NS(=O)(=O)CCCl)CCCC1. The first-order chi connectivity index (χ1) is 5.97. The van der Waals surface area contributed by atoms with Crippen LogP contribution in [0.5, 0.6) is 0 Å². The number of hydrogen-bond donors (Lipinski definition) is 1. The Morgan fingerprint density at radius 2 is 1.92 bits per heavy atom. The molecule has 1 rings (SSSR count). The van der Waals surface area contributed by atoms with Crippen LogP contribution in [0.2, 0.25) is 0 Å². The number of alkyl halides is 1. The molecule has 78 valence electrons. The van der Waals surface area contributed by atoms with Crippen LogP contribution in [0, 0.1) is 0 Å². The number of halogens is 1. The summed E-state index contributed by atoms with van der Waals surface area (Å²) in [4.78, 5) is 0. The molecular weight excluding hydrogens is 210 g/mol. The predicted octanol–water partition coefficient (Wildman–Crippen LogP) is 1.48. The van der Waals surface area contributed by atoms with Gasteiger partial charge in [-0.15, -0.1) is 11.6 Å². The molecule has 0 aromatic carbocycles. The zero-order valence-corrected chi connectivity index (χ0v) is 9.42. The lowest BCUT2D eigenvalue weighted by atomic mass is 10.0. The smallest absolute Gasteiger partial charge is 0.212 e. The average Bonchev–Trinajstić information content (AvgIpc) is 2.33. The molecule has 0 aromatic rings. The van der Waals surface area contributed by atoms with Gasteiger partial charge in [0, 0.05) is 11.4 Å². The first-order valence-electron chi connectivity index (χ1n) is 4.55. The highest BCUT2D eigenvalue weighted by Gasteiger charge is 2.32. The van der Waals surface area contributed by atoms with Crippen LogP contribution in [-0.2, 0) is 10.0 Å². The minimum absolute atomic E-state index is 0.0180. The third-order valence-corrected chi connectivity index (χ3v) is 4.41. The summed E-state index contributed by atoms with van der Waals surface area (Å²) in [6.45, 7) is 1.96. The summed E-state index contributed by atoms with van der Waals surface area (Å²) in [5, 5.41) is 0. The Balaban J connectivity index is 2.56. The molecule has 0 saturated heterocycles. The van der Waals surface area contributed by atoms with Gasteiger partial charge in [0.2, 0.25) is 10.0 Å². The van der Waals surface area contributed by atoms with Gasteiger partial charge in [0.1, 0.15) is 0 Å². The van der Waals surface area contributed by atoms with Crippen LogP contribution >= 0.6 is 11.6 Å². The molecule has 1 aliphatic rings. The lowest BCUT2D eigenvalue weighted by Crippen LogP contribution is -2.44. The third-order valence-electron chi connectivity index (χ3n) is 2.45. The van der Waals surface area contributed by atoms with Crippen molar-refractivity contribution in [3.63, 3.8) is 0 Å². The van der Waals surface area contributed by atoms with Gasteiger partial charge in [-0.25, -0.2) is 13.1 Å². The van der Waals surface area contributed by atoms with Crippen molar-refractivity contribution in [2.24, 2.45) is 0 Å². The van der Waals surface area contributed by atoms with Crippen molar-refractivity contribution in [2.75, 3.05) is 11.6 Å². The van der Waals surface area contributed by atoms with E-state index in [1.807, 2.05) is 6.92 Å². The van der Waals surface area contributed by atoms with Crippen LogP contribution in [0.4, 0.5) is 0 Å². The summed E-state index contributed by atoms with van der Waals surface area (Å²) in [6, 6.07) is 0. The van der Waals surface area contributed by atoms with Gasteiger partial charge in [0.25, 0.3) is 0 Å². The Kier molecular flexibility index (Phi) is 3.60. The maximum absolute atomic E-state index is 11.4. The first kappa shape index (κ1) is 11.3. The van der Waals surface area contributed by atoms with Crippen LogP contribution < -0.4 is 4.72 Å². The molecule has 1 N–H and O–H groups in total. The Bertz CT molecular complexity index is 257. The van der Waals surface area contributed by atoms with E-state index in [1.54, 1.807) is 0 Å². The number of nitrogens with one attached hydrogen (secondary N) is 1. The standard InChI is InChI=1S/C8H16ClNO2S/c1-8(4-2-3-5-8)10-13(11,12)7-6-9/h10H,2-7H2,1H3. The summed E-state index contributed by atoms with van der Waals surface area (Å²) in [5.41, 5.74) is -0.217. The minimum Gasteiger partial charge on any atom is -0.212 e. The second-order valence-corrected chi connectivity index (χ2v) is 6.10. The molecule has 0 aliphatic heterocycles. The molecule has 0 atom stereocenters. The van der Waals surface area contributed by atoms with Gasteiger partial charge >= 0.3 is 0 Å². The summed E-state index contributed by atoms with van der Waals surface area (Å²) in [6.07, 6.45) is 4.10. The second kappa shape index (κ2) is 4.15. The number of hydrogen-bond acceptors (Lipinski definition) is 2. The van der Waals surface area contributed by atoms with Gasteiger partial charge in [-0.2, -0.15) is 0 Å². The predicted molar refractivity (Wildman–Crippen MR) is 54.5 cm³/mol. The Morgan fingerprint density at radius 1 is 1.38 bits per heavy atom. The van der Waals surface area contributed by atoms with Gasteiger partial charge in [-0.3, -0.25) is 0 Å². The van der Waals surface area contributed by atoms with E-state index in [1.165, 1.54) is 0 Å². The van der Waals surface area contributed by atoms with Crippen LogP contribution in [-0.4, -0.2) is 25.6 Å². The molecule has 3 nitrogen and oxygen atoms in total. The monoisotopic (exact) mass is 225 g/mol. The van der Waals surface area contributed by atoms with E-state index in [2.05, 4.69) is 4.72 Å². The van der Waals surface area contributed by atoms with E-state index in [4.69, 9.17) is 11.6 Å². The molecule has 0 spiro atoms. The van der Waals surface area contributed by atoms with E-state index in [0.717, 1.165) is 25.7 Å². The van der Waals surface area contributed by atoms with Crippen LogP contribution in [0.1, 0.15) is 32.6 Å². The molecule has 0 heterocycles. The van der Waals surface area contributed by atoms with Crippen molar-refractivity contribution in [3.05, 3.63) is 0 Å². The lowest BCUT2D eigenvalue weighted by Gasteiger charge is -2.24. The average molecular weight is 226 g/mol. The molecule has 1 fully saturated rings. The fourth-order valence-electron chi connectivity index (χ4n) is 1.79. The van der Waals surface area contributed by atoms with Crippen molar-refractivity contribution >= 4 is 21.6 Å². The number of sulfonamides is 1. The van der Waals surface area contributed by atoms with Gasteiger partial charge in [-0.05, 0) is 19.8 Å². The van der Waals surface area contributed by atoms with Gasteiger partial charge in [0.05, 0.1) is 5.75 Å². The number of rotatable bonds is 4. The molecule has 1 saturated carbocycles. The van der Waals surface area contributed by atoms with Crippen molar-refractivity contribution in [2.45, 2.75) is 38.1 Å². The molecule has 0 amide bonds. The zero-order valence-electron chi connectivity index (χ0n) is 7.85. The Labute approximate surface area is 84.9 Å². The normalized spacial score (nSPS) is 22.0. The summed E-state index contributed by atoms with van der Waals surface area (Å²) >= 11 is 5.40. The quantitative estimate of drug-likeness (QED) is 0.737.